The summed E-state index contributed by atoms with van der Waals surface area (Å²) in [4.78, 5) is 55.0. The number of benzene rings is 2. The Kier molecular flexibility index (Phi) is 6.53. The third-order valence-electron chi connectivity index (χ3n) is 5.06. The molecule has 0 aliphatic carbocycles. The third-order valence-corrected chi connectivity index (χ3v) is 5.06. The Hall–Kier alpha value is -3.81. The van der Waals surface area contributed by atoms with Crippen LogP contribution in [0.2, 0.25) is 0 Å². The van der Waals surface area contributed by atoms with Crippen molar-refractivity contribution in [1.82, 2.24) is 9.97 Å². The van der Waals surface area contributed by atoms with Gasteiger partial charge in [-0.15, -0.1) is 0 Å². The molecule has 1 unspecified atom stereocenters. The average molecular weight is 435 g/mol. The number of amides is 1. The molecule has 0 spiro atoms. The first-order chi connectivity index (χ1) is 15.1. The van der Waals surface area contributed by atoms with Gasteiger partial charge in [0.05, 0.1) is 23.6 Å². The number of nitrogens with zero attached hydrogens (tertiary/aromatic N) is 1. The number of fused-ring (bicyclic) bond motifs is 1. The summed E-state index contributed by atoms with van der Waals surface area (Å²) in [6, 6.07) is 11.8. The molecule has 0 saturated carbocycles. The number of ether oxygens (including phenoxy) is 1. The van der Waals surface area contributed by atoms with E-state index in [-0.39, 0.29) is 17.4 Å². The zero-order chi connectivity index (χ0) is 23.5. The number of esters is 1. The molecule has 0 aliphatic rings. The number of hydrogen-bond donors (Lipinski definition) is 2. The van der Waals surface area contributed by atoms with E-state index < -0.39 is 17.3 Å². The molecular weight excluding hydrogens is 410 g/mol. The van der Waals surface area contributed by atoms with Crippen LogP contribution in [-0.2, 0) is 20.7 Å². The number of aromatic nitrogens is 2. The van der Waals surface area contributed by atoms with Crippen LogP contribution >= 0.6 is 0 Å². The summed E-state index contributed by atoms with van der Waals surface area (Å²) >= 11 is 0. The number of hydrogen-bond acceptors (Lipinski definition) is 6. The van der Waals surface area contributed by atoms with E-state index in [0.29, 0.717) is 22.9 Å². The van der Waals surface area contributed by atoms with Crippen LogP contribution in [0.1, 0.15) is 48.2 Å². The van der Waals surface area contributed by atoms with Gasteiger partial charge < -0.3 is 9.53 Å². The lowest BCUT2D eigenvalue weighted by molar-refractivity contribution is -0.123. The Morgan fingerprint density at radius 3 is 2.44 bits per heavy atom. The summed E-state index contributed by atoms with van der Waals surface area (Å²) < 4.78 is 4.69. The number of aromatic amines is 1. The zero-order valence-electron chi connectivity index (χ0n) is 18.4. The van der Waals surface area contributed by atoms with Crippen molar-refractivity contribution >= 4 is 35.0 Å². The summed E-state index contributed by atoms with van der Waals surface area (Å²) in [5.74, 6) is -1.06. The second kappa shape index (κ2) is 9.13. The van der Waals surface area contributed by atoms with Gasteiger partial charge in [0.25, 0.3) is 5.56 Å². The minimum absolute atomic E-state index is 0.0895. The average Bonchev–Trinajstić information content (AvgIpc) is 2.76. The van der Waals surface area contributed by atoms with Gasteiger partial charge in [0.1, 0.15) is 6.29 Å². The lowest BCUT2D eigenvalue weighted by Gasteiger charge is -2.17. The molecule has 8 heteroatoms. The van der Waals surface area contributed by atoms with Gasteiger partial charge in [0.2, 0.25) is 11.9 Å². The number of anilines is 1. The maximum atomic E-state index is 12.6. The van der Waals surface area contributed by atoms with E-state index in [2.05, 4.69) is 20.0 Å². The molecule has 2 N–H and O–H groups in total. The maximum absolute atomic E-state index is 12.6. The molecule has 1 atom stereocenters. The number of rotatable bonds is 6. The molecule has 3 rings (SSSR count). The molecule has 32 heavy (non-hydrogen) atoms. The lowest BCUT2D eigenvalue weighted by atomic mass is 9.92. The Bertz CT molecular complexity index is 1220. The van der Waals surface area contributed by atoms with Crippen molar-refractivity contribution in [1.29, 1.82) is 0 Å². The SMILES string of the molecule is COC(=O)c1ccc(C(C=O)Cc2ccc3nc(NC(=O)C(C)(C)C)[nH]c(=O)c3c2)cc1. The molecule has 0 bridgehead atoms. The lowest BCUT2D eigenvalue weighted by Crippen LogP contribution is -2.29. The standard InChI is InChI=1S/C24H25N3O5/c1-24(2,3)22(31)27-23-25-19-10-5-14(12-18(19)20(29)26-23)11-17(13-28)15-6-8-16(9-7-15)21(30)32-4/h5-10,12-13,17H,11H2,1-4H3,(H2,25,26,27,29,31). The second-order valence-corrected chi connectivity index (χ2v) is 8.53. The van der Waals surface area contributed by atoms with Crippen LogP contribution in [0.4, 0.5) is 5.95 Å². The normalized spacial score (nSPS) is 12.2. The molecule has 1 heterocycles. The van der Waals surface area contributed by atoms with Gasteiger partial charge in [-0.1, -0.05) is 39.0 Å². The molecule has 166 valence electrons. The highest BCUT2D eigenvalue weighted by atomic mass is 16.5. The fourth-order valence-electron chi connectivity index (χ4n) is 3.15. The van der Waals surface area contributed by atoms with Crippen molar-refractivity contribution in [2.75, 3.05) is 12.4 Å². The van der Waals surface area contributed by atoms with E-state index in [0.717, 1.165) is 17.4 Å². The molecule has 0 fully saturated rings. The first kappa shape index (κ1) is 22.9. The summed E-state index contributed by atoms with van der Waals surface area (Å²) in [7, 11) is 1.31. The second-order valence-electron chi connectivity index (χ2n) is 8.53. The predicted octanol–water partition coefficient (Wildman–Crippen LogP) is 3.22. The maximum Gasteiger partial charge on any atom is 0.337 e. The Labute approximate surface area is 185 Å². The van der Waals surface area contributed by atoms with Gasteiger partial charge in [-0.05, 0) is 41.8 Å². The van der Waals surface area contributed by atoms with E-state index in [4.69, 9.17) is 0 Å². The van der Waals surface area contributed by atoms with E-state index in [1.54, 1.807) is 63.2 Å². The van der Waals surface area contributed by atoms with Gasteiger partial charge in [0, 0.05) is 11.3 Å². The summed E-state index contributed by atoms with van der Waals surface area (Å²) in [6.45, 7) is 5.29. The zero-order valence-corrected chi connectivity index (χ0v) is 18.4. The van der Waals surface area contributed by atoms with Crippen LogP contribution in [0.5, 0.6) is 0 Å². The van der Waals surface area contributed by atoms with Gasteiger partial charge in [-0.2, -0.15) is 0 Å². The fourth-order valence-corrected chi connectivity index (χ4v) is 3.15. The predicted molar refractivity (Wildman–Crippen MR) is 121 cm³/mol. The summed E-state index contributed by atoms with van der Waals surface area (Å²) in [6.07, 6.45) is 1.21. The van der Waals surface area contributed by atoms with Crippen LogP contribution in [0.15, 0.2) is 47.3 Å². The molecule has 3 aromatic rings. The van der Waals surface area contributed by atoms with Crippen LogP contribution in [0, 0.1) is 5.41 Å². The highest BCUT2D eigenvalue weighted by molar-refractivity contribution is 5.93. The van der Waals surface area contributed by atoms with Gasteiger partial charge in [-0.25, -0.2) is 9.78 Å². The largest absolute Gasteiger partial charge is 0.465 e. The van der Waals surface area contributed by atoms with Crippen molar-refractivity contribution in [2.45, 2.75) is 33.1 Å². The number of methoxy groups -OCH3 is 1. The van der Waals surface area contributed by atoms with E-state index in [9.17, 15) is 19.2 Å². The van der Waals surface area contributed by atoms with E-state index >= 15 is 0 Å². The molecule has 0 saturated heterocycles. The number of aldehydes is 1. The third kappa shape index (κ3) is 5.08. The number of nitrogens with one attached hydrogen (secondary N) is 2. The highest BCUT2D eigenvalue weighted by Gasteiger charge is 2.22. The minimum Gasteiger partial charge on any atom is -0.465 e. The summed E-state index contributed by atoms with van der Waals surface area (Å²) in [5, 5.41) is 2.99. The van der Waals surface area contributed by atoms with Gasteiger partial charge in [0.15, 0.2) is 0 Å². The fraction of sp³-hybridized carbons (Fsp3) is 0.292. The van der Waals surface area contributed by atoms with Crippen molar-refractivity contribution in [3.05, 3.63) is 69.5 Å². The molecule has 1 aromatic heterocycles. The van der Waals surface area contributed by atoms with Gasteiger partial charge in [-0.3, -0.25) is 19.9 Å². The quantitative estimate of drug-likeness (QED) is 0.453. The number of H-pyrrole nitrogens is 1. The topological polar surface area (TPSA) is 118 Å². The van der Waals surface area contributed by atoms with E-state index in [1.165, 1.54) is 7.11 Å². The van der Waals surface area contributed by atoms with Gasteiger partial charge >= 0.3 is 5.97 Å². The Balaban J connectivity index is 1.84. The smallest absolute Gasteiger partial charge is 0.337 e. The first-order valence-electron chi connectivity index (χ1n) is 10.1. The Morgan fingerprint density at radius 1 is 1.16 bits per heavy atom. The van der Waals surface area contributed by atoms with Crippen molar-refractivity contribution in [2.24, 2.45) is 5.41 Å². The molecule has 1 amide bonds. The van der Waals surface area contributed by atoms with Crippen LogP contribution in [0.3, 0.4) is 0 Å². The number of carbonyl (C=O) groups is 3. The van der Waals surface area contributed by atoms with E-state index in [1.807, 2.05) is 0 Å². The first-order valence-corrected chi connectivity index (χ1v) is 10.1. The molecule has 0 radical (unpaired) electrons. The van der Waals surface area contributed by atoms with Crippen molar-refractivity contribution in [3.63, 3.8) is 0 Å². The monoisotopic (exact) mass is 435 g/mol. The van der Waals surface area contributed by atoms with Crippen LogP contribution in [-0.4, -0.2) is 35.2 Å². The molecule has 0 aliphatic heterocycles. The summed E-state index contributed by atoms with van der Waals surface area (Å²) in [5.41, 5.74) is 1.36. The molecule has 8 nitrogen and oxygen atoms in total. The molecule has 2 aromatic carbocycles. The van der Waals surface area contributed by atoms with Crippen LogP contribution < -0.4 is 10.9 Å². The molecular formula is C24H25N3O5. The number of carbonyl (C=O) groups excluding carboxylic acids is 3. The Morgan fingerprint density at radius 2 is 1.84 bits per heavy atom. The minimum atomic E-state index is -0.629. The highest BCUT2D eigenvalue weighted by Crippen LogP contribution is 2.22. The van der Waals surface area contributed by atoms with Crippen molar-refractivity contribution in [3.8, 4) is 0 Å². The van der Waals surface area contributed by atoms with Crippen LogP contribution in [0.25, 0.3) is 10.9 Å². The van der Waals surface area contributed by atoms with Crippen molar-refractivity contribution < 1.29 is 19.1 Å².